The number of halogens is 2. The molecule has 0 radical (unpaired) electrons. The standard InChI is InChI=1S/C27H29F2N3O5/c28-19-9-7-17(8-10-19)26-31-24(27(37)30-15-18-3-1-2-4-22(18)29)25(16-5-6-16)32(26)12-11-20(33)13-21(34)14-23(35)36/h1-4,7-10,16,20-21,33-34H,5-6,11-15H2,(H,30,37)(H,35,36)/t20-,21-/m1/s1. The average molecular weight is 514 g/mol. The van der Waals surface area contributed by atoms with E-state index in [2.05, 4.69) is 10.3 Å². The second-order valence-corrected chi connectivity index (χ2v) is 9.31. The van der Waals surface area contributed by atoms with Crippen LogP contribution in [0.25, 0.3) is 11.4 Å². The Morgan fingerprint density at radius 3 is 2.41 bits per heavy atom. The predicted octanol–water partition coefficient (Wildman–Crippen LogP) is 3.61. The number of aromatic nitrogens is 2. The van der Waals surface area contributed by atoms with E-state index in [9.17, 15) is 28.6 Å². The summed E-state index contributed by atoms with van der Waals surface area (Å²) in [7, 11) is 0. The van der Waals surface area contributed by atoms with E-state index in [1.54, 1.807) is 30.3 Å². The first-order chi connectivity index (χ1) is 17.7. The lowest BCUT2D eigenvalue weighted by atomic mass is 10.1. The summed E-state index contributed by atoms with van der Waals surface area (Å²) >= 11 is 0. The van der Waals surface area contributed by atoms with Gasteiger partial charge in [-0.15, -0.1) is 0 Å². The average Bonchev–Trinajstić information content (AvgIpc) is 3.62. The number of carboxylic acid groups (broad SMARTS) is 1. The van der Waals surface area contributed by atoms with Gasteiger partial charge in [0.15, 0.2) is 0 Å². The molecule has 1 heterocycles. The first-order valence-corrected chi connectivity index (χ1v) is 12.2. The van der Waals surface area contributed by atoms with Crippen LogP contribution in [0.5, 0.6) is 0 Å². The van der Waals surface area contributed by atoms with Crippen LogP contribution in [-0.4, -0.2) is 49.0 Å². The van der Waals surface area contributed by atoms with E-state index in [0.29, 0.717) is 22.6 Å². The molecular weight excluding hydrogens is 484 g/mol. The van der Waals surface area contributed by atoms with Crippen molar-refractivity contribution in [2.24, 2.45) is 0 Å². The van der Waals surface area contributed by atoms with Crippen molar-refractivity contribution in [1.29, 1.82) is 0 Å². The maximum atomic E-state index is 14.0. The molecule has 10 heteroatoms. The van der Waals surface area contributed by atoms with Crippen LogP contribution in [-0.2, 0) is 17.9 Å². The van der Waals surface area contributed by atoms with Gasteiger partial charge in [-0.25, -0.2) is 13.8 Å². The summed E-state index contributed by atoms with van der Waals surface area (Å²) in [5.41, 5.74) is 1.80. The van der Waals surface area contributed by atoms with E-state index in [1.165, 1.54) is 18.2 Å². The van der Waals surface area contributed by atoms with E-state index in [-0.39, 0.29) is 37.5 Å². The van der Waals surface area contributed by atoms with Crippen molar-refractivity contribution in [2.45, 2.75) is 63.3 Å². The van der Waals surface area contributed by atoms with Gasteiger partial charge in [0.1, 0.15) is 23.2 Å². The third kappa shape index (κ3) is 6.78. The quantitative estimate of drug-likeness (QED) is 0.293. The van der Waals surface area contributed by atoms with Gasteiger partial charge in [-0.05, 0) is 56.0 Å². The molecule has 1 aliphatic carbocycles. The Balaban J connectivity index is 1.61. The van der Waals surface area contributed by atoms with Gasteiger partial charge in [-0.3, -0.25) is 9.59 Å². The molecule has 37 heavy (non-hydrogen) atoms. The number of rotatable bonds is 12. The number of hydrogen-bond donors (Lipinski definition) is 4. The number of hydrogen-bond acceptors (Lipinski definition) is 5. The molecule has 8 nitrogen and oxygen atoms in total. The highest BCUT2D eigenvalue weighted by molar-refractivity contribution is 5.94. The number of aliphatic carboxylic acids is 1. The minimum atomic E-state index is -1.19. The van der Waals surface area contributed by atoms with E-state index in [1.807, 2.05) is 4.57 Å². The van der Waals surface area contributed by atoms with Gasteiger partial charge in [0.05, 0.1) is 24.3 Å². The van der Waals surface area contributed by atoms with E-state index < -0.39 is 42.1 Å². The first kappa shape index (κ1) is 26.4. The summed E-state index contributed by atoms with van der Waals surface area (Å²) in [4.78, 5) is 28.6. The first-order valence-electron chi connectivity index (χ1n) is 12.2. The fourth-order valence-corrected chi connectivity index (χ4v) is 4.34. The Morgan fingerprint density at radius 2 is 1.76 bits per heavy atom. The largest absolute Gasteiger partial charge is 0.481 e. The maximum absolute atomic E-state index is 14.0. The molecule has 0 spiro atoms. The van der Waals surface area contributed by atoms with Crippen molar-refractivity contribution in [2.75, 3.05) is 0 Å². The SMILES string of the molecule is O=C(O)C[C@H](O)C[C@H](O)CCn1c(-c2ccc(F)cc2)nc(C(=O)NCc2ccccc2F)c1C1CC1. The molecule has 0 saturated heterocycles. The third-order valence-corrected chi connectivity index (χ3v) is 6.33. The Morgan fingerprint density at radius 1 is 1.05 bits per heavy atom. The van der Waals surface area contributed by atoms with Gasteiger partial charge in [0, 0.05) is 30.1 Å². The fourth-order valence-electron chi connectivity index (χ4n) is 4.34. The number of nitrogens with zero attached hydrogens (tertiary/aromatic N) is 2. The van der Waals surface area contributed by atoms with Crippen LogP contribution < -0.4 is 5.32 Å². The zero-order valence-electron chi connectivity index (χ0n) is 20.1. The molecule has 1 fully saturated rings. The van der Waals surface area contributed by atoms with Crippen LogP contribution in [0.3, 0.4) is 0 Å². The van der Waals surface area contributed by atoms with E-state index >= 15 is 0 Å². The molecule has 1 amide bonds. The van der Waals surface area contributed by atoms with Crippen molar-refractivity contribution < 1.29 is 33.7 Å². The van der Waals surface area contributed by atoms with Gasteiger partial charge in [0.2, 0.25) is 0 Å². The lowest BCUT2D eigenvalue weighted by Crippen LogP contribution is -2.25. The number of aliphatic hydroxyl groups is 2. The van der Waals surface area contributed by atoms with Gasteiger partial charge in [-0.1, -0.05) is 18.2 Å². The topological polar surface area (TPSA) is 125 Å². The van der Waals surface area contributed by atoms with Crippen molar-refractivity contribution in [3.05, 3.63) is 77.1 Å². The number of amides is 1. The van der Waals surface area contributed by atoms with Gasteiger partial charge in [0.25, 0.3) is 5.91 Å². The third-order valence-electron chi connectivity index (χ3n) is 6.33. The van der Waals surface area contributed by atoms with Crippen LogP contribution in [0.2, 0.25) is 0 Å². The number of benzene rings is 2. The van der Waals surface area contributed by atoms with Crippen molar-refractivity contribution in [1.82, 2.24) is 14.9 Å². The van der Waals surface area contributed by atoms with Crippen molar-refractivity contribution in [3.8, 4) is 11.4 Å². The van der Waals surface area contributed by atoms with Gasteiger partial charge < -0.3 is 25.2 Å². The minimum Gasteiger partial charge on any atom is -0.481 e. The molecule has 196 valence electrons. The summed E-state index contributed by atoms with van der Waals surface area (Å²) in [6, 6.07) is 11.8. The zero-order chi connectivity index (χ0) is 26.5. The molecule has 1 saturated carbocycles. The Bertz CT molecular complexity index is 1260. The molecule has 0 aliphatic heterocycles. The number of imidazole rings is 1. The van der Waals surface area contributed by atoms with Crippen LogP contribution in [0.1, 0.15) is 59.8 Å². The Labute approximate surface area is 212 Å². The molecule has 2 atom stereocenters. The fraction of sp³-hybridized carbons (Fsp3) is 0.370. The predicted molar refractivity (Wildman–Crippen MR) is 131 cm³/mol. The molecule has 2 aromatic carbocycles. The van der Waals surface area contributed by atoms with E-state index in [4.69, 9.17) is 5.11 Å². The summed E-state index contributed by atoms with van der Waals surface area (Å²) in [5, 5.41) is 31.9. The Hall–Kier alpha value is -3.63. The second-order valence-electron chi connectivity index (χ2n) is 9.31. The van der Waals surface area contributed by atoms with Crippen LogP contribution in [0.15, 0.2) is 48.5 Å². The lowest BCUT2D eigenvalue weighted by Gasteiger charge is -2.17. The highest BCUT2D eigenvalue weighted by Crippen LogP contribution is 2.43. The summed E-state index contributed by atoms with van der Waals surface area (Å²) in [6.07, 6.45) is -0.872. The van der Waals surface area contributed by atoms with Crippen molar-refractivity contribution >= 4 is 11.9 Å². The molecule has 1 aliphatic rings. The monoisotopic (exact) mass is 513 g/mol. The van der Waals surface area contributed by atoms with Crippen LogP contribution >= 0.6 is 0 Å². The number of nitrogens with one attached hydrogen (secondary N) is 1. The number of carbonyl (C=O) groups is 2. The number of carbonyl (C=O) groups excluding carboxylic acids is 1. The molecule has 4 rings (SSSR count). The Kier molecular flexibility index (Phi) is 8.30. The summed E-state index contributed by atoms with van der Waals surface area (Å²) < 4.78 is 29.5. The van der Waals surface area contributed by atoms with Gasteiger partial charge >= 0.3 is 5.97 Å². The second kappa shape index (κ2) is 11.6. The summed E-state index contributed by atoms with van der Waals surface area (Å²) in [6.45, 7) is 0.224. The maximum Gasteiger partial charge on any atom is 0.305 e. The molecule has 0 bridgehead atoms. The van der Waals surface area contributed by atoms with E-state index in [0.717, 1.165) is 12.8 Å². The summed E-state index contributed by atoms with van der Waals surface area (Å²) in [5.74, 6) is -1.97. The number of carboxylic acids is 1. The van der Waals surface area contributed by atoms with Crippen molar-refractivity contribution in [3.63, 3.8) is 0 Å². The minimum absolute atomic E-state index is 0.0193. The lowest BCUT2D eigenvalue weighted by molar-refractivity contribution is -0.139. The molecular formula is C27H29F2N3O5. The molecule has 3 aromatic rings. The smallest absolute Gasteiger partial charge is 0.305 e. The highest BCUT2D eigenvalue weighted by Gasteiger charge is 2.35. The van der Waals surface area contributed by atoms with Crippen LogP contribution in [0.4, 0.5) is 8.78 Å². The van der Waals surface area contributed by atoms with Crippen LogP contribution in [0, 0.1) is 11.6 Å². The highest BCUT2D eigenvalue weighted by atomic mass is 19.1. The number of aliphatic hydroxyl groups excluding tert-OH is 2. The molecule has 0 unspecified atom stereocenters. The zero-order valence-corrected chi connectivity index (χ0v) is 20.1. The van der Waals surface area contributed by atoms with Gasteiger partial charge in [-0.2, -0.15) is 0 Å². The molecule has 4 N–H and O–H groups in total. The normalized spacial score (nSPS) is 14.8. The molecule has 1 aromatic heterocycles.